The number of rotatable bonds is 3. The summed E-state index contributed by atoms with van der Waals surface area (Å²) in [6.07, 6.45) is 0. The molecule has 5 heteroatoms. The molecule has 5 nitrogen and oxygen atoms in total. The van der Waals surface area contributed by atoms with Crippen LogP contribution in [-0.2, 0) is 0 Å². The summed E-state index contributed by atoms with van der Waals surface area (Å²) in [5, 5.41) is 12.0. The molecule has 0 amide bonds. The van der Waals surface area contributed by atoms with Crippen LogP contribution in [0.4, 0.5) is 17.2 Å². The van der Waals surface area contributed by atoms with Crippen LogP contribution in [-0.4, -0.2) is 16.1 Å². The van der Waals surface area contributed by atoms with Gasteiger partial charge in [0.15, 0.2) is 11.5 Å². The second-order valence-corrected chi connectivity index (χ2v) is 4.38. The number of carbonyl (C=O) groups is 1. The number of nitrogen functional groups attached to an aromatic ring is 1. The summed E-state index contributed by atoms with van der Waals surface area (Å²) in [5.74, 6) is -0.726. The minimum atomic E-state index is -1.08. The number of carboxylic acid groups (broad SMARTS) is 1. The van der Waals surface area contributed by atoms with Gasteiger partial charge in [-0.2, -0.15) is 0 Å². The lowest BCUT2D eigenvalue weighted by Crippen LogP contribution is -2.06. The lowest BCUT2D eigenvalue weighted by Gasteiger charge is -2.11. The molecule has 1 aromatic carbocycles. The zero-order valence-electron chi connectivity index (χ0n) is 10.8. The van der Waals surface area contributed by atoms with Crippen LogP contribution in [0.5, 0.6) is 0 Å². The highest BCUT2D eigenvalue weighted by atomic mass is 16.4. The molecule has 0 radical (unpaired) electrons. The van der Waals surface area contributed by atoms with Crippen molar-refractivity contribution < 1.29 is 9.90 Å². The maximum atomic E-state index is 10.9. The largest absolute Gasteiger partial charge is 0.477 e. The van der Waals surface area contributed by atoms with Gasteiger partial charge in [-0.05, 0) is 37.6 Å². The lowest BCUT2D eigenvalue weighted by atomic mass is 10.1. The quantitative estimate of drug-likeness (QED) is 0.786. The summed E-state index contributed by atoms with van der Waals surface area (Å²) < 4.78 is 0. The van der Waals surface area contributed by atoms with Crippen molar-refractivity contribution >= 4 is 23.2 Å². The Morgan fingerprint density at radius 2 is 2.00 bits per heavy atom. The summed E-state index contributed by atoms with van der Waals surface area (Å²) >= 11 is 0. The Morgan fingerprint density at radius 1 is 1.26 bits per heavy atom. The van der Waals surface area contributed by atoms with E-state index in [1.807, 2.05) is 32.0 Å². The van der Waals surface area contributed by atoms with E-state index in [0.29, 0.717) is 11.5 Å². The average molecular weight is 257 g/mol. The fraction of sp³-hybridized carbons (Fsp3) is 0.143. The van der Waals surface area contributed by atoms with E-state index in [9.17, 15) is 4.79 Å². The number of aromatic carboxylic acids is 1. The molecule has 0 spiro atoms. The normalized spacial score (nSPS) is 10.2. The lowest BCUT2D eigenvalue weighted by molar-refractivity contribution is 0.0690. The summed E-state index contributed by atoms with van der Waals surface area (Å²) in [6.45, 7) is 3.97. The molecule has 0 aliphatic carbocycles. The minimum absolute atomic E-state index is 0.0403. The van der Waals surface area contributed by atoms with E-state index in [1.54, 1.807) is 0 Å². The number of benzene rings is 1. The van der Waals surface area contributed by atoms with E-state index in [0.717, 1.165) is 16.8 Å². The van der Waals surface area contributed by atoms with Crippen LogP contribution < -0.4 is 11.1 Å². The molecule has 0 atom stereocenters. The first kappa shape index (κ1) is 12.9. The van der Waals surface area contributed by atoms with Crippen molar-refractivity contribution in [1.82, 2.24) is 4.98 Å². The zero-order valence-corrected chi connectivity index (χ0v) is 10.8. The predicted molar refractivity (Wildman–Crippen MR) is 74.8 cm³/mol. The third kappa shape index (κ3) is 2.82. The Hall–Kier alpha value is -2.56. The maximum Gasteiger partial charge on any atom is 0.354 e. The summed E-state index contributed by atoms with van der Waals surface area (Å²) in [7, 11) is 0. The highest BCUT2D eigenvalue weighted by Gasteiger charge is 2.09. The number of nitrogens with zero attached hydrogens (tertiary/aromatic N) is 1. The molecule has 98 valence electrons. The topological polar surface area (TPSA) is 88.2 Å². The van der Waals surface area contributed by atoms with Crippen molar-refractivity contribution in [1.29, 1.82) is 0 Å². The Balaban J connectivity index is 2.37. The molecule has 0 saturated heterocycles. The van der Waals surface area contributed by atoms with Crippen molar-refractivity contribution in [2.24, 2.45) is 0 Å². The van der Waals surface area contributed by atoms with Crippen LogP contribution in [0.15, 0.2) is 30.3 Å². The third-order valence-electron chi connectivity index (χ3n) is 2.78. The van der Waals surface area contributed by atoms with Gasteiger partial charge in [0.25, 0.3) is 0 Å². The van der Waals surface area contributed by atoms with Crippen LogP contribution in [0.2, 0.25) is 0 Å². The number of carboxylic acids is 1. The Kier molecular flexibility index (Phi) is 3.37. The van der Waals surface area contributed by atoms with Crippen LogP contribution in [0.3, 0.4) is 0 Å². The average Bonchev–Trinajstić information content (AvgIpc) is 2.34. The fourth-order valence-corrected chi connectivity index (χ4v) is 1.77. The van der Waals surface area contributed by atoms with Gasteiger partial charge in [-0.15, -0.1) is 0 Å². The number of aryl methyl sites for hydroxylation is 2. The van der Waals surface area contributed by atoms with Crippen molar-refractivity contribution in [3.8, 4) is 0 Å². The first-order chi connectivity index (χ1) is 8.97. The monoisotopic (exact) mass is 257 g/mol. The van der Waals surface area contributed by atoms with Crippen molar-refractivity contribution in [2.75, 3.05) is 11.1 Å². The molecule has 1 aromatic heterocycles. The smallest absolute Gasteiger partial charge is 0.354 e. The number of nitrogens with one attached hydrogen (secondary N) is 1. The maximum absolute atomic E-state index is 10.9. The third-order valence-corrected chi connectivity index (χ3v) is 2.78. The number of aromatic nitrogens is 1. The van der Waals surface area contributed by atoms with E-state index >= 15 is 0 Å². The molecule has 0 aliphatic rings. The molecule has 2 rings (SSSR count). The minimum Gasteiger partial charge on any atom is -0.477 e. The van der Waals surface area contributed by atoms with E-state index in [4.69, 9.17) is 10.8 Å². The van der Waals surface area contributed by atoms with Crippen LogP contribution in [0.1, 0.15) is 21.6 Å². The highest BCUT2D eigenvalue weighted by molar-refractivity contribution is 5.87. The predicted octanol–water partition coefficient (Wildman–Crippen LogP) is 2.72. The Morgan fingerprint density at radius 3 is 2.63 bits per heavy atom. The van der Waals surface area contributed by atoms with Gasteiger partial charge in [0.05, 0.1) is 5.69 Å². The number of hydrogen-bond donors (Lipinski definition) is 3. The number of hydrogen-bond acceptors (Lipinski definition) is 4. The van der Waals surface area contributed by atoms with E-state index in [2.05, 4.69) is 10.3 Å². The van der Waals surface area contributed by atoms with Crippen molar-refractivity contribution in [3.63, 3.8) is 0 Å². The summed E-state index contributed by atoms with van der Waals surface area (Å²) in [4.78, 5) is 14.9. The molecule has 1 heterocycles. The standard InChI is InChI=1S/C14H15N3O2/c1-8-3-5-11(9(2)7-8)16-13-10(15)4-6-12(17-13)14(18)19/h3-7H,15H2,1-2H3,(H,16,17)(H,18,19). The van der Waals surface area contributed by atoms with E-state index in [1.165, 1.54) is 12.1 Å². The second-order valence-electron chi connectivity index (χ2n) is 4.38. The van der Waals surface area contributed by atoms with E-state index in [-0.39, 0.29) is 5.69 Å². The number of anilines is 3. The molecular weight excluding hydrogens is 242 g/mol. The van der Waals surface area contributed by atoms with Gasteiger partial charge in [-0.1, -0.05) is 17.7 Å². The summed E-state index contributed by atoms with van der Waals surface area (Å²) in [5.41, 5.74) is 9.22. The van der Waals surface area contributed by atoms with Crippen LogP contribution in [0, 0.1) is 13.8 Å². The highest BCUT2D eigenvalue weighted by Crippen LogP contribution is 2.24. The van der Waals surface area contributed by atoms with Gasteiger partial charge in [0.1, 0.15) is 0 Å². The molecule has 0 bridgehead atoms. The van der Waals surface area contributed by atoms with Gasteiger partial charge >= 0.3 is 5.97 Å². The fourth-order valence-electron chi connectivity index (χ4n) is 1.77. The molecule has 0 fully saturated rings. The molecule has 0 unspecified atom stereocenters. The van der Waals surface area contributed by atoms with Crippen molar-refractivity contribution in [3.05, 3.63) is 47.2 Å². The first-order valence-electron chi connectivity index (χ1n) is 5.81. The van der Waals surface area contributed by atoms with Crippen molar-refractivity contribution in [2.45, 2.75) is 13.8 Å². The zero-order chi connectivity index (χ0) is 14.0. The molecule has 4 N–H and O–H groups in total. The number of pyridine rings is 1. The molecule has 2 aromatic rings. The van der Waals surface area contributed by atoms with Gasteiger partial charge in [0.2, 0.25) is 0 Å². The molecule has 19 heavy (non-hydrogen) atoms. The van der Waals surface area contributed by atoms with Gasteiger partial charge in [0, 0.05) is 5.69 Å². The number of nitrogens with two attached hydrogens (primary N) is 1. The SMILES string of the molecule is Cc1ccc(Nc2nc(C(=O)O)ccc2N)c(C)c1. The molecular formula is C14H15N3O2. The Labute approximate surface area is 111 Å². The van der Waals surface area contributed by atoms with Gasteiger partial charge in [-0.25, -0.2) is 9.78 Å². The van der Waals surface area contributed by atoms with Gasteiger partial charge < -0.3 is 16.2 Å². The van der Waals surface area contributed by atoms with E-state index < -0.39 is 5.97 Å². The van der Waals surface area contributed by atoms with Crippen LogP contribution >= 0.6 is 0 Å². The molecule has 0 aliphatic heterocycles. The molecule has 0 saturated carbocycles. The second kappa shape index (κ2) is 4.97. The Bertz CT molecular complexity index is 639. The van der Waals surface area contributed by atoms with Gasteiger partial charge in [-0.3, -0.25) is 0 Å². The van der Waals surface area contributed by atoms with Crippen LogP contribution in [0.25, 0.3) is 0 Å². The summed E-state index contributed by atoms with van der Waals surface area (Å²) in [6, 6.07) is 8.82. The first-order valence-corrected chi connectivity index (χ1v) is 5.81.